The molecule has 3 heterocycles. The van der Waals surface area contributed by atoms with Crippen molar-refractivity contribution in [2.24, 2.45) is 0 Å². The molecule has 1 fully saturated rings. The Morgan fingerprint density at radius 1 is 1.00 bits per heavy atom. The molecule has 5 rings (SSSR count). The molecular formula is C23H26FN5O2. The van der Waals surface area contributed by atoms with Crippen LogP contribution in [-0.4, -0.2) is 51.2 Å². The highest BCUT2D eigenvalue weighted by Gasteiger charge is 2.22. The smallest absolute Gasteiger partial charge is 0.276 e. The van der Waals surface area contributed by atoms with Gasteiger partial charge in [0.1, 0.15) is 11.3 Å². The van der Waals surface area contributed by atoms with Crippen molar-refractivity contribution < 1.29 is 9.18 Å². The molecule has 7 nitrogen and oxygen atoms in total. The fourth-order valence-electron chi connectivity index (χ4n) is 4.67. The van der Waals surface area contributed by atoms with Crippen LogP contribution in [-0.2, 0) is 24.2 Å². The number of benzene rings is 1. The number of aryl methyl sites for hydroxylation is 3. The first-order chi connectivity index (χ1) is 15.1. The molecule has 1 aliphatic carbocycles. The molecule has 0 radical (unpaired) electrons. The number of nitrogens with zero attached hydrogens (tertiary/aromatic N) is 5. The van der Waals surface area contributed by atoms with Crippen LogP contribution in [0.3, 0.4) is 0 Å². The van der Waals surface area contributed by atoms with Crippen LogP contribution in [0.15, 0.2) is 41.5 Å². The lowest BCUT2D eigenvalue weighted by Crippen LogP contribution is -2.49. The second-order valence-corrected chi connectivity index (χ2v) is 8.32. The number of fused-ring (bicyclic) bond motifs is 3. The summed E-state index contributed by atoms with van der Waals surface area (Å²) < 4.78 is 16.5. The first-order valence-corrected chi connectivity index (χ1v) is 11.0. The van der Waals surface area contributed by atoms with Crippen LogP contribution < -0.4 is 10.5 Å². The number of hydrogen-bond acceptors (Lipinski definition) is 4. The number of rotatable bonds is 4. The van der Waals surface area contributed by atoms with Gasteiger partial charge in [0, 0.05) is 62.8 Å². The molecule has 162 valence electrons. The summed E-state index contributed by atoms with van der Waals surface area (Å²) in [5, 5.41) is 4.56. The van der Waals surface area contributed by atoms with Crippen molar-refractivity contribution in [2.75, 3.05) is 31.1 Å². The van der Waals surface area contributed by atoms with E-state index in [1.165, 1.54) is 12.1 Å². The largest absolute Gasteiger partial charge is 0.368 e. The topological polar surface area (TPSA) is 62.9 Å². The summed E-state index contributed by atoms with van der Waals surface area (Å²) in [6.45, 7) is 3.04. The lowest BCUT2D eigenvalue weighted by molar-refractivity contribution is -0.131. The van der Waals surface area contributed by atoms with E-state index in [1.807, 2.05) is 11.1 Å². The fraction of sp³-hybridized carbons (Fsp3) is 0.435. The Morgan fingerprint density at radius 2 is 1.74 bits per heavy atom. The van der Waals surface area contributed by atoms with Gasteiger partial charge < -0.3 is 14.4 Å². The van der Waals surface area contributed by atoms with Crippen molar-refractivity contribution in [3.8, 4) is 0 Å². The fourth-order valence-corrected chi connectivity index (χ4v) is 4.67. The summed E-state index contributed by atoms with van der Waals surface area (Å²) in [6, 6.07) is 6.45. The monoisotopic (exact) mass is 423 g/mol. The summed E-state index contributed by atoms with van der Waals surface area (Å²) in [6.07, 6.45) is 7.88. The normalized spacial score (nSPS) is 16.5. The molecule has 0 unspecified atom stereocenters. The molecule has 0 saturated carbocycles. The van der Waals surface area contributed by atoms with Crippen LogP contribution in [0, 0.1) is 5.82 Å². The number of halogens is 1. The summed E-state index contributed by atoms with van der Waals surface area (Å²) >= 11 is 0. The number of amides is 1. The predicted molar refractivity (Wildman–Crippen MR) is 116 cm³/mol. The molecule has 0 N–H and O–H groups in total. The van der Waals surface area contributed by atoms with Crippen LogP contribution in [0.5, 0.6) is 0 Å². The van der Waals surface area contributed by atoms with E-state index in [1.54, 1.807) is 27.4 Å². The van der Waals surface area contributed by atoms with E-state index in [9.17, 15) is 14.0 Å². The third-order valence-corrected chi connectivity index (χ3v) is 6.42. The third-order valence-electron chi connectivity index (χ3n) is 6.42. The number of anilines is 1. The Labute approximate surface area is 179 Å². The van der Waals surface area contributed by atoms with E-state index >= 15 is 0 Å². The van der Waals surface area contributed by atoms with Gasteiger partial charge in [-0.2, -0.15) is 5.10 Å². The van der Waals surface area contributed by atoms with E-state index in [0.29, 0.717) is 44.7 Å². The molecule has 1 aromatic carbocycles. The van der Waals surface area contributed by atoms with Crippen molar-refractivity contribution >= 4 is 17.1 Å². The summed E-state index contributed by atoms with van der Waals surface area (Å²) in [7, 11) is 0. The first kappa shape index (κ1) is 19.8. The van der Waals surface area contributed by atoms with Gasteiger partial charge in [-0.3, -0.25) is 9.59 Å². The highest BCUT2D eigenvalue weighted by atomic mass is 19.1. The number of hydrogen-bond donors (Lipinski definition) is 0. The summed E-state index contributed by atoms with van der Waals surface area (Å²) in [4.78, 5) is 29.8. The average molecular weight is 423 g/mol. The Balaban J connectivity index is 1.22. The average Bonchev–Trinajstić information content (AvgIpc) is 3.18. The number of carbonyl (C=O) groups excluding carboxylic acids is 1. The van der Waals surface area contributed by atoms with E-state index in [-0.39, 0.29) is 17.3 Å². The molecule has 0 atom stereocenters. The Kier molecular flexibility index (Phi) is 5.21. The van der Waals surface area contributed by atoms with E-state index in [0.717, 1.165) is 42.6 Å². The van der Waals surface area contributed by atoms with Crippen LogP contribution in [0.4, 0.5) is 10.1 Å². The van der Waals surface area contributed by atoms with Crippen molar-refractivity contribution in [2.45, 2.75) is 38.6 Å². The Hall–Kier alpha value is -3.16. The van der Waals surface area contributed by atoms with Crippen molar-refractivity contribution in [1.82, 2.24) is 19.1 Å². The quantitative estimate of drug-likeness (QED) is 0.646. The van der Waals surface area contributed by atoms with Gasteiger partial charge in [-0.15, -0.1) is 0 Å². The predicted octanol–water partition coefficient (Wildman–Crippen LogP) is 2.25. The molecule has 1 amide bonds. The van der Waals surface area contributed by atoms with Gasteiger partial charge in [0.15, 0.2) is 0 Å². The van der Waals surface area contributed by atoms with E-state index in [4.69, 9.17) is 0 Å². The zero-order chi connectivity index (χ0) is 21.4. The minimum Gasteiger partial charge on any atom is -0.368 e. The van der Waals surface area contributed by atoms with Crippen molar-refractivity contribution in [3.05, 3.63) is 64.1 Å². The van der Waals surface area contributed by atoms with Crippen molar-refractivity contribution in [1.29, 1.82) is 0 Å². The number of carbonyl (C=O) groups is 1. The van der Waals surface area contributed by atoms with Gasteiger partial charge in [0.05, 0.1) is 5.69 Å². The van der Waals surface area contributed by atoms with Crippen LogP contribution >= 0.6 is 0 Å². The van der Waals surface area contributed by atoms with Gasteiger partial charge in [-0.1, -0.05) is 0 Å². The highest BCUT2D eigenvalue weighted by Crippen LogP contribution is 2.22. The lowest BCUT2D eigenvalue weighted by Gasteiger charge is -2.36. The third kappa shape index (κ3) is 3.82. The van der Waals surface area contributed by atoms with Gasteiger partial charge in [0.2, 0.25) is 5.91 Å². The summed E-state index contributed by atoms with van der Waals surface area (Å²) in [5.74, 6) is -0.191. The molecule has 1 aliphatic heterocycles. The maximum absolute atomic E-state index is 13.1. The highest BCUT2D eigenvalue weighted by molar-refractivity contribution is 5.76. The van der Waals surface area contributed by atoms with Crippen molar-refractivity contribution in [3.63, 3.8) is 0 Å². The number of piperazine rings is 1. The molecule has 1 saturated heterocycles. The van der Waals surface area contributed by atoms with Crippen LogP contribution in [0.1, 0.15) is 30.5 Å². The van der Waals surface area contributed by atoms with E-state index in [2.05, 4.69) is 10.00 Å². The SMILES string of the molecule is O=C(CCn1ccn2nc3c(c2c1=O)CCCC3)N1CCN(c2ccc(F)cc2)CC1. The minimum atomic E-state index is -0.248. The molecular weight excluding hydrogens is 397 g/mol. The Morgan fingerprint density at radius 3 is 2.52 bits per heavy atom. The second-order valence-electron chi connectivity index (χ2n) is 8.32. The molecule has 0 spiro atoms. The maximum atomic E-state index is 13.1. The zero-order valence-corrected chi connectivity index (χ0v) is 17.5. The van der Waals surface area contributed by atoms with Gasteiger partial charge in [0.25, 0.3) is 5.56 Å². The van der Waals surface area contributed by atoms with Gasteiger partial charge in [-0.25, -0.2) is 8.91 Å². The molecule has 8 heteroatoms. The molecule has 3 aromatic rings. The van der Waals surface area contributed by atoms with Crippen LogP contribution in [0.2, 0.25) is 0 Å². The molecule has 2 aromatic heterocycles. The Bertz CT molecular complexity index is 1160. The lowest BCUT2D eigenvalue weighted by atomic mass is 9.97. The number of aromatic nitrogens is 3. The standard InChI is InChI=1S/C23H26FN5O2/c24-17-5-7-18(8-6-17)26-11-13-27(14-12-26)21(30)9-10-28-15-16-29-22(23(28)31)19-3-1-2-4-20(19)25-29/h5-8,15-16H,1-4,9-14H2. The minimum absolute atomic E-state index is 0.0565. The maximum Gasteiger partial charge on any atom is 0.276 e. The zero-order valence-electron chi connectivity index (χ0n) is 17.5. The van der Waals surface area contributed by atoms with Crippen LogP contribution in [0.25, 0.3) is 5.52 Å². The molecule has 2 aliphatic rings. The summed E-state index contributed by atoms with van der Waals surface area (Å²) in [5.41, 5.74) is 3.69. The second kappa shape index (κ2) is 8.17. The first-order valence-electron chi connectivity index (χ1n) is 11.0. The van der Waals surface area contributed by atoms with Gasteiger partial charge in [-0.05, 0) is 49.9 Å². The molecule has 31 heavy (non-hydrogen) atoms. The van der Waals surface area contributed by atoms with E-state index < -0.39 is 0 Å². The van der Waals surface area contributed by atoms with Gasteiger partial charge >= 0.3 is 0 Å². The molecule has 0 bridgehead atoms.